The molecule has 0 amide bonds. The van der Waals surface area contributed by atoms with Crippen molar-refractivity contribution in [3.8, 4) is 0 Å². The number of rotatable bonds is 3. The van der Waals surface area contributed by atoms with Gasteiger partial charge in [-0.2, -0.15) is 0 Å². The summed E-state index contributed by atoms with van der Waals surface area (Å²) >= 11 is 3.37. The lowest BCUT2D eigenvalue weighted by Crippen LogP contribution is -2.30. The third-order valence-electron chi connectivity index (χ3n) is 3.34. The molecule has 3 N–H and O–H groups in total. The smallest absolute Gasteiger partial charge is 0.164 e. The van der Waals surface area contributed by atoms with Crippen molar-refractivity contribution in [3.05, 3.63) is 68.7 Å². The van der Waals surface area contributed by atoms with Crippen LogP contribution in [0.25, 0.3) is 0 Å². The molecule has 0 saturated heterocycles. The molecule has 106 valence electrons. The van der Waals surface area contributed by atoms with Gasteiger partial charge < -0.3 is 0 Å². The van der Waals surface area contributed by atoms with E-state index >= 15 is 0 Å². The van der Waals surface area contributed by atoms with E-state index in [0.29, 0.717) is 0 Å². The third-order valence-corrected chi connectivity index (χ3v) is 3.83. The molecule has 0 saturated carbocycles. The summed E-state index contributed by atoms with van der Waals surface area (Å²) in [7, 11) is 0. The van der Waals surface area contributed by atoms with Crippen molar-refractivity contribution in [1.82, 2.24) is 5.43 Å². The molecular weight excluding hydrogens is 326 g/mol. The van der Waals surface area contributed by atoms with Crippen LogP contribution >= 0.6 is 15.9 Å². The number of benzene rings is 2. The molecule has 0 bridgehead atoms. The van der Waals surface area contributed by atoms with E-state index in [1.807, 2.05) is 25.1 Å². The van der Waals surface area contributed by atoms with Crippen LogP contribution in [0, 0.1) is 25.5 Å². The number of nitrogens with two attached hydrogens (primary N) is 1. The SMILES string of the molecule is Cc1ccc(Br)cc1C(NN)c1ccc(C)c(F)c1F. The minimum atomic E-state index is -0.868. The summed E-state index contributed by atoms with van der Waals surface area (Å²) in [5.41, 5.74) is 4.76. The van der Waals surface area contributed by atoms with Crippen LogP contribution < -0.4 is 11.3 Å². The summed E-state index contributed by atoms with van der Waals surface area (Å²) in [4.78, 5) is 0. The quantitative estimate of drug-likeness (QED) is 0.656. The highest BCUT2D eigenvalue weighted by atomic mass is 79.9. The highest BCUT2D eigenvalue weighted by Gasteiger charge is 2.21. The van der Waals surface area contributed by atoms with Gasteiger partial charge in [0.05, 0.1) is 6.04 Å². The van der Waals surface area contributed by atoms with E-state index in [1.54, 1.807) is 12.1 Å². The zero-order valence-electron chi connectivity index (χ0n) is 11.2. The molecule has 1 unspecified atom stereocenters. The van der Waals surface area contributed by atoms with Gasteiger partial charge >= 0.3 is 0 Å². The van der Waals surface area contributed by atoms with Gasteiger partial charge in [0.15, 0.2) is 11.6 Å². The van der Waals surface area contributed by atoms with Crippen LogP contribution in [-0.4, -0.2) is 0 Å². The summed E-state index contributed by atoms with van der Waals surface area (Å²) in [6.45, 7) is 3.42. The van der Waals surface area contributed by atoms with Crippen molar-refractivity contribution in [2.45, 2.75) is 19.9 Å². The second kappa shape index (κ2) is 5.99. The number of hydrazine groups is 1. The Morgan fingerprint density at radius 3 is 2.30 bits per heavy atom. The van der Waals surface area contributed by atoms with E-state index in [2.05, 4.69) is 21.4 Å². The maximum atomic E-state index is 14.1. The molecule has 0 aromatic heterocycles. The summed E-state index contributed by atoms with van der Waals surface area (Å²) in [5.74, 6) is 3.85. The summed E-state index contributed by atoms with van der Waals surface area (Å²) < 4.78 is 28.7. The summed E-state index contributed by atoms with van der Waals surface area (Å²) in [6.07, 6.45) is 0. The zero-order valence-corrected chi connectivity index (χ0v) is 12.8. The number of nitrogens with one attached hydrogen (secondary N) is 1. The van der Waals surface area contributed by atoms with E-state index in [4.69, 9.17) is 5.84 Å². The van der Waals surface area contributed by atoms with Crippen molar-refractivity contribution < 1.29 is 8.78 Å². The Bertz CT molecular complexity index is 644. The number of halogens is 3. The summed E-state index contributed by atoms with van der Waals surface area (Å²) in [6, 6.07) is 8.12. The first kappa shape index (κ1) is 15.1. The van der Waals surface area contributed by atoms with Gasteiger partial charge in [-0.1, -0.05) is 34.1 Å². The van der Waals surface area contributed by atoms with Crippen molar-refractivity contribution in [3.63, 3.8) is 0 Å². The Morgan fingerprint density at radius 2 is 1.65 bits per heavy atom. The van der Waals surface area contributed by atoms with Crippen LogP contribution in [0.15, 0.2) is 34.8 Å². The fourth-order valence-corrected chi connectivity index (χ4v) is 2.53. The molecule has 5 heteroatoms. The largest absolute Gasteiger partial charge is 0.271 e. The van der Waals surface area contributed by atoms with E-state index < -0.39 is 17.7 Å². The van der Waals surface area contributed by atoms with Crippen LogP contribution in [0.2, 0.25) is 0 Å². The molecule has 2 rings (SSSR count). The Balaban J connectivity index is 2.58. The maximum absolute atomic E-state index is 14.1. The van der Waals surface area contributed by atoms with Gasteiger partial charge in [-0.05, 0) is 42.7 Å². The maximum Gasteiger partial charge on any atom is 0.164 e. The van der Waals surface area contributed by atoms with Gasteiger partial charge in [0.2, 0.25) is 0 Å². The molecule has 1 atom stereocenters. The molecule has 20 heavy (non-hydrogen) atoms. The molecule has 2 nitrogen and oxygen atoms in total. The van der Waals surface area contributed by atoms with E-state index in [0.717, 1.165) is 15.6 Å². The predicted octanol–water partition coefficient (Wildman–Crippen LogP) is 3.90. The second-order valence-electron chi connectivity index (χ2n) is 4.70. The van der Waals surface area contributed by atoms with Crippen LogP contribution in [-0.2, 0) is 0 Å². The van der Waals surface area contributed by atoms with Crippen molar-refractivity contribution >= 4 is 15.9 Å². The lowest BCUT2D eigenvalue weighted by molar-refractivity contribution is 0.478. The molecule has 0 radical (unpaired) electrons. The molecule has 0 heterocycles. The highest BCUT2D eigenvalue weighted by Crippen LogP contribution is 2.30. The van der Waals surface area contributed by atoms with Crippen molar-refractivity contribution in [1.29, 1.82) is 0 Å². The Kier molecular flexibility index (Phi) is 4.52. The van der Waals surface area contributed by atoms with Gasteiger partial charge in [-0.3, -0.25) is 5.84 Å². The topological polar surface area (TPSA) is 38.0 Å². The van der Waals surface area contributed by atoms with Crippen LogP contribution in [0.1, 0.15) is 28.3 Å². The summed E-state index contributed by atoms with van der Waals surface area (Å²) in [5, 5.41) is 0. The number of hydrogen-bond donors (Lipinski definition) is 2. The standard InChI is InChI=1S/C15H15BrF2N2/c1-8-3-5-10(16)7-12(8)15(20-19)11-6-4-9(2)13(17)14(11)18/h3-7,15,20H,19H2,1-2H3. The molecule has 2 aromatic carbocycles. The highest BCUT2D eigenvalue weighted by molar-refractivity contribution is 9.10. The number of aryl methyl sites for hydroxylation is 2. The second-order valence-corrected chi connectivity index (χ2v) is 5.62. The van der Waals surface area contributed by atoms with Crippen LogP contribution in [0.5, 0.6) is 0 Å². The van der Waals surface area contributed by atoms with Gasteiger partial charge in [0.25, 0.3) is 0 Å². The average Bonchev–Trinajstić information content (AvgIpc) is 2.43. The van der Waals surface area contributed by atoms with E-state index in [1.165, 1.54) is 6.92 Å². The minimum absolute atomic E-state index is 0.191. The first-order valence-electron chi connectivity index (χ1n) is 6.12. The Labute approximate surface area is 125 Å². The average molecular weight is 341 g/mol. The van der Waals surface area contributed by atoms with Crippen LogP contribution in [0.4, 0.5) is 8.78 Å². The molecule has 0 aliphatic rings. The van der Waals surface area contributed by atoms with Crippen molar-refractivity contribution in [2.75, 3.05) is 0 Å². The first-order chi connectivity index (χ1) is 9.45. The van der Waals surface area contributed by atoms with E-state index in [-0.39, 0.29) is 11.1 Å². The molecule has 0 spiro atoms. The van der Waals surface area contributed by atoms with Gasteiger partial charge in [0, 0.05) is 10.0 Å². The predicted molar refractivity (Wildman–Crippen MR) is 79.1 cm³/mol. The monoisotopic (exact) mass is 340 g/mol. The van der Waals surface area contributed by atoms with Gasteiger partial charge in [-0.15, -0.1) is 0 Å². The van der Waals surface area contributed by atoms with E-state index in [9.17, 15) is 8.78 Å². The van der Waals surface area contributed by atoms with Gasteiger partial charge in [-0.25, -0.2) is 14.2 Å². The fourth-order valence-electron chi connectivity index (χ4n) is 2.15. The molecule has 2 aromatic rings. The molecular formula is C15H15BrF2N2. The lowest BCUT2D eigenvalue weighted by Gasteiger charge is -2.20. The minimum Gasteiger partial charge on any atom is -0.271 e. The van der Waals surface area contributed by atoms with Crippen LogP contribution in [0.3, 0.4) is 0 Å². The molecule has 0 aliphatic carbocycles. The van der Waals surface area contributed by atoms with Gasteiger partial charge in [0.1, 0.15) is 0 Å². The Morgan fingerprint density at radius 1 is 1.00 bits per heavy atom. The molecule has 0 aliphatic heterocycles. The lowest BCUT2D eigenvalue weighted by atomic mass is 9.94. The molecule has 0 fully saturated rings. The third kappa shape index (κ3) is 2.75. The normalized spacial score (nSPS) is 12.5. The Hall–Kier alpha value is -1.30. The zero-order chi connectivity index (χ0) is 14.9. The number of hydrogen-bond acceptors (Lipinski definition) is 2. The fraction of sp³-hybridized carbons (Fsp3) is 0.200. The first-order valence-corrected chi connectivity index (χ1v) is 6.91. The van der Waals surface area contributed by atoms with Crippen molar-refractivity contribution in [2.24, 2.45) is 5.84 Å².